The van der Waals surface area contributed by atoms with E-state index < -0.39 is 22.2 Å². The van der Waals surface area contributed by atoms with Crippen molar-refractivity contribution in [3.05, 3.63) is 75.7 Å². The smallest absolute Gasteiger partial charge is 0.357 e. The Labute approximate surface area is 221 Å². The minimum absolute atomic E-state index is 0.231. The van der Waals surface area contributed by atoms with Crippen LogP contribution in [0.4, 0.5) is 10.7 Å². The Bertz CT molecular complexity index is 1530. The second kappa shape index (κ2) is 11.3. The molecular weight excluding hydrogens is 536 g/mol. The molecule has 1 amide bonds. The van der Waals surface area contributed by atoms with Crippen molar-refractivity contribution >= 4 is 65.6 Å². The number of anilines is 2. The summed E-state index contributed by atoms with van der Waals surface area (Å²) in [5, 5.41) is 10.3. The number of thiazole rings is 1. The largest absolute Gasteiger partial charge is 0.468 e. The molecule has 10 nitrogen and oxygen atoms in total. The van der Waals surface area contributed by atoms with Gasteiger partial charge in [0.25, 0.3) is 5.91 Å². The van der Waals surface area contributed by atoms with E-state index in [1.807, 2.05) is 41.3 Å². The van der Waals surface area contributed by atoms with Crippen molar-refractivity contribution < 1.29 is 27.3 Å². The molecule has 1 atom stereocenters. The number of ether oxygens (including phenoxy) is 1. The van der Waals surface area contributed by atoms with Gasteiger partial charge in [0.1, 0.15) is 11.5 Å². The van der Waals surface area contributed by atoms with Gasteiger partial charge >= 0.3 is 16.3 Å². The van der Waals surface area contributed by atoms with Crippen molar-refractivity contribution in [1.29, 1.82) is 0 Å². The van der Waals surface area contributed by atoms with E-state index in [2.05, 4.69) is 20.4 Å². The van der Waals surface area contributed by atoms with Crippen LogP contribution in [0.15, 0.2) is 53.9 Å². The average molecular weight is 561 g/mol. The van der Waals surface area contributed by atoms with E-state index in [0.717, 1.165) is 26.4 Å². The van der Waals surface area contributed by atoms with Gasteiger partial charge < -0.3 is 15.4 Å². The number of nitrogens with zero attached hydrogens (tertiary/aromatic N) is 1. The lowest BCUT2D eigenvalue weighted by atomic mass is 10.0. The molecule has 0 spiro atoms. The van der Waals surface area contributed by atoms with Crippen LogP contribution in [-0.2, 0) is 26.3 Å². The Morgan fingerprint density at radius 2 is 1.86 bits per heavy atom. The second-order valence-electron chi connectivity index (χ2n) is 8.03. The number of methoxy groups -OCH3 is 1. The highest BCUT2D eigenvalue weighted by Gasteiger charge is 2.24. The Balaban J connectivity index is 1.66. The molecule has 2 aromatic carbocycles. The first-order valence-corrected chi connectivity index (χ1v) is 14.2. The topological polar surface area (TPSA) is 147 Å². The predicted molar refractivity (Wildman–Crippen MR) is 145 cm³/mol. The van der Waals surface area contributed by atoms with Crippen LogP contribution in [0.2, 0.25) is 0 Å². The molecule has 2 heterocycles. The summed E-state index contributed by atoms with van der Waals surface area (Å²) in [6.45, 7) is 1.66. The number of hydrogen-bond donors (Lipinski definition) is 4. The summed E-state index contributed by atoms with van der Waals surface area (Å²) in [5.74, 6) is -0.954. The van der Waals surface area contributed by atoms with Gasteiger partial charge in [-0.05, 0) is 37.1 Å². The van der Waals surface area contributed by atoms with Crippen LogP contribution >= 0.6 is 22.7 Å². The first-order valence-electron chi connectivity index (χ1n) is 11.0. The van der Waals surface area contributed by atoms with Gasteiger partial charge in [0.05, 0.1) is 35.1 Å². The molecule has 0 bridgehead atoms. The summed E-state index contributed by atoms with van der Waals surface area (Å²) in [7, 11) is -3.11. The van der Waals surface area contributed by atoms with E-state index in [-0.39, 0.29) is 18.3 Å². The highest BCUT2D eigenvalue weighted by molar-refractivity contribution is 7.87. The molecule has 0 aliphatic carbocycles. The van der Waals surface area contributed by atoms with E-state index in [4.69, 9.17) is 4.55 Å². The van der Waals surface area contributed by atoms with Gasteiger partial charge in [0.15, 0.2) is 0 Å². The van der Waals surface area contributed by atoms with E-state index in [0.29, 0.717) is 17.0 Å². The number of aromatic nitrogens is 1. The zero-order chi connectivity index (χ0) is 26.6. The fourth-order valence-corrected chi connectivity index (χ4v) is 5.96. The van der Waals surface area contributed by atoms with Crippen LogP contribution < -0.4 is 15.4 Å². The quantitative estimate of drug-likeness (QED) is 0.167. The first-order chi connectivity index (χ1) is 17.6. The average Bonchev–Trinajstić information content (AvgIpc) is 3.45. The Morgan fingerprint density at radius 3 is 2.51 bits per heavy atom. The molecule has 0 aliphatic rings. The third-order valence-electron chi connectivity index (χ3n) is 5.38. The highest BCUT2D eigenvalue weighted by Crippen LogP contribution is 2.38. The van der Waals surface area contributed by atoms with Crippen LogP contribution in [0, 0.1) is 6.92 Å². The maximum absolute atomic E-state index is 13.2. The number of carbonyl (C=O) groups excluding carboxylic acids is 2. The van der Waals surface area contributed by atoms with Crippen LogP contribution in [0.3, 0.4) is 0 Å². The van der Waals surface area contributed by atoms with Gasteiger partial charge in [0.2, 0.25) is 0 Å². The number of esters is 1. The van der Waals surface area contributed by atoms with Gasteiger partial charge in [0, 0.05) is 15.5 Å². The van der Waals surface area contributed by atoms with Gasteiger partial charge in [-0.2, -0.15) is 8.42 Å². The monoisotopic (exact) mass is 560 g/mol. The number of aryl methyl sites for hydroxylation is 1. The maximum atomic E-state index is 13.2. The number of fused-ring (bicyclic) bond motifs is 1. The third kappa shape index (κ3) is 6.83. The number of carbonyl (C=O) groups is 2. The van der Waals surface area contributed by atoms with Crippen molar-refractivity contribution in [2.75, 3.05) is 23.7 Å². The Hall–Kier alpha value is -3.52. The van der Waals surface area contributed by atoms with Gasteiger partial charge in [-0.1, -0.05) is 30.3 Å². The normalized spacial score (nSPS) is 12.2. The maximum Gasteiger partial charge on any atom is 0.357 e. The molecule has 0 fully saturated rings. The second-order valence-corrected chi connectivity index (χ2v) is 11.3. The lowest BCUT2D eigenvalue weighted by Gasteiger charge is -2.19. The number of amides is 1. The van der Waals surface area contributed by atoms with E-state index in [1.165, 1.54) is 29.8 Å². The lowest BCUT2D eigenvalue weighted by molar-refractivity contribution is -0.139. The molecule has 0 unspecified atom stereocenters. The molecule has 4 aromatic rings. The Kier molecular flexibility index (Phi) is 8.07. The molecular formula is C24H24N4O6S3. The minimum atomic E-state index is -4.37. The van der Waals surface area contributed by atoms with Crippen LogP contribution in [-0.4, -0.2) is 43.5 Å². The summed E-state index contributed by atoms with van der Waals surface area (Å²) in [4.78, 5) is 29.4. The van der Waals surface area contributed by atoms with Crippen molar-refractivity contribution in [3.63, 3.8) is 0 Å². The fourth-order valence-electron chi connectivity index (χ4n) is 3.71. The summed E-state index contributed by atoms with van der Waals surface area (Å²) in [6.07, 6.45) is 0.479. The van der Waals surface area contributed by atoms with Crippen molar-refractivity contribution in [1.82, 2.24) is 10.3 Å². The number of thiophene rings is 1. The molecule has 37 heavy (non-hydrogen) atoms. The van der Waals surface area contributed by atoms with Gasteiger partial charge in [-0.15, -0.1) is 22.7 Å². The van der Waals surface area contributed by atoms with Gasteiger partial charge in [-0.3, -0.25) is 18.9 Å². The zero-order valence-electron chi connectivity index (χ0n) is 19.8. The first kappa shape index (κ1) is 26.5. The summed E-state index contributed by atoms with van der Waals surface area (Å²) in [6, 6.07) is 13.8. The number of hydrogen-bond acceptors (Lipinski definition) is 9. The lowest BCUT2D eigenvalue weighted by Crippen LogP contribution is -2.30. The fraction of sp³-hybridized carbons (Fsp3) is 0.208. The minimum Gasteiger partial charge on any atom is -0.468 e. The molecule has 13 heteroatoms. The summed E-state index contributed by atoms with van der Waals surface area (Å²) >= 11 is 2.93. The predicted octanol–water partition coefficient (Wildman–Crippen LogP) is 4.18. The molecule has 0 radical (unpaired) electrons. The van der Waals surface area contributed by atoms with E-state index in [9.17, 15) is 18.0 Å². The third-order valence-corrected chi connectivity index (χ3v) is 7.77. The standard InChI is InChI=1S/C24H24N4O6S3/c1-14-26-19(13-35-14)18(11-15-7-9-16(10-8-15)28-37(31,32)33)27-24-22(23(30)25-12-21(29)34-2)17-5-3-4-6-20(17)36-24/h3-10,13,18,27-28H,11-12H2,1-2H3,(H,25,30)(H,31,32,33)/t18-/m0/s1. The molecule has 194 valence electrons. The van der Waals surface area contributed by atoms with Crippen molar-refractivity contribution in [3.8, 4) is 0 Å². The van der Waals surface area contributed by atoms with E-state index in [1.54, 1.807) is 24.3 Å². The van der Waals surface area contributed by atoms with Crippen LogP contribution in [0.5, 0.6) is 0 Å². The molecule has 2 aromatic heterocycles. The SMILES string of the molecule is COC(=O)CNC(=O)c1c(N[C@@H](Cc2ccc(NS(=O)(=O)O)cc2)c2csc(C)n2)sc2ccccc12. The molecule has 0 saturated heterocycles. The van der Waals surface area contributed by atoms with Crippen LogP contribution in [0.25, 0.3) is 10.1 Å². The Morgan fingerprint density at radius 1 is 1.14 bits per heavy atom. The summed E-state index contributed by atoms with van der Waals surface area (Å²) < 4.78 is 38.7. The molecule has 0 aliphatic heterocycles. The molecule has 0 saturated carbocycles. The number of nitrogens with one attached hydrogen (secondary N) is 3. The van der Waals surface area contributed by atoms with Gasteiger partial charge in [-0.25, -0.2) is 4.98 Å². The highest BCUT2D eigenvalue weighted by atomic mass is 32.2. The summed E-state index contributed by atoms with van der Waals surface area (Å²) in [5.41, 5.74) is 2.33. The number of rotatable bonds is 10. The molecule has 4 rings (SSSR count). The zero-order valence-corrected chi connectivity index (χ0v) is 22.3. The van der Waals surface area contributed by atoms with Crippen molar-refractivity contribution in [2.24, 2.45) is 0 Å². The van der Waals surface area contributed by atoms with Crippen LogP contribution in [0.1, 0.15) is 32.7 Å². The number of benzene rings is 2. The van der Waals surface area contributed by atoms with Crippen molar-refractivity contribution in [2.45, 2.75) is 19.4 Å². The van der Waals surface area contributed by atoms with E-state index >= 15 is 0 Å². The molecule has 4 N–H and O–H groups in total.